The molecule has 152 valence electrons. The van der Waals surface area contributed by atoms with Crippen molar-refractivity contribution in [2.75, 3.05) is 6.61 Å². The quantitative estimate of drug-likeness (QED) is 0.320. The molecule has 0 unspecified atom stereocenters. The van der Waals surface area contributed by atoms with Crippen LogP contribution >= 0.6 is 11.8 Å². The van der Waals surface area contributed by atoms with Crippen LogP contribution in [0.5, 0.6) is 0 Å². The summed E-state index contributed by atoms with van der Waals surface area (Å²) in [6.07, 6.45) is 2.88. The van der Waals surface area contributed by atoms with Gasteiger partial charge in [0.15, 0.2) is 6.61 Å². The molecule has 7 nitrogen and oxygen atoms in total. The molecule has 0 fully saturated rings. The number of amides is 1. The van der Waals surface area contributed by atoms with Gasteiger partial charge in [0.1, 0.15) is 5.25 Å². The molecule has 0 aromatic heterocycles. The van der Waals surface area contributed by atoms with Crippen molar-refractivity contribution in [3.05, 3.63) is 69.8 Å². The summed E-state index contributed by atoms with van der Waals surface area (Å²) >= 11 is 1.22. The fraction of sp³-hybridized carbons (Fsp3) is 0.333. The number of thioether (sulfide) groups is 1. The van der Waals surface area contributed by atoms with Crippen molar-refractivity contribution < 1.29 is 19.2 Å². The van der Waals surface area contributed by atoms with E-state index in [1.54, 1.807) is 19.1 Å². The Hall–Kier alpha value is -2.87. The minimum Gasteiger partial charge on any atom is -0.455 e. The molecule has 2 aromatic rings. The van der Waals surface area contributed by atoms with E-state index < -0.39 is 16.1 Å². The van der Waals surface area contributed by atoms with Crippen LogP contribution in [0.25, 0.3) is 0 Å². The fourth-order valence-electron chi connectivity index (χ4n) is 3.29. The molecular formula is C21H22N2O5S. The Balaban J connectivity index is 1.47. The molecule has 0 heterocycles. The molecule has 1 aliphatic carbocycles. The van der Waals surface area contributed by atoms with Crippen LogP contribution in [0.15, 0.2) is 53.4 Å². The molecule has 1 N–H and O–H groups in total. The van der Waals surface area contributed by atoms with Gasteiger partial charge in [0.25, 0.3) is 11.6 Å². The minimum atomic E-state index is -0.542. The predicted molar refractivity (Wildman–Crippen MR) is 110 cm³/mol. The summed E-state index contributed by atoms with van der Waals surface area (Å²) in [7, 11) is 0. The molecular weight excluding hydrogens is 392 g/mol. The molecule has 8 heteroatoms. The Morgan fingerprint density at radius 2 is 1.97 bits per heavy atom. The maximum Gasteiger partial charge on any atom is 0.319 e. The third kappa shape index (κ3) is 5.57. The molecule has 1 aliphatic rings. The maximum atomic E-state index is 12.2. The van der Waals surface area contributed by atoms with Crippen LogP contribution in [0.3, 0.4) is 0 Å². The van der Waals surface area contributed by atoms with Crippen molar-refractivity contribution in [3.63, 3.8) is 0 Å². The van der Waals surface area contributed by atoms with E-state index >= 15 is 0 Å². The van der Waals surface area contributed by atoms with Gasteiger partial charge in [-0.15, -0.1) is 11.8 Å². The fourth-order valence-corrected chi connectivity index (χ4v) is 4.16. The van der Waals surface area contributed by atoms with Gasteiger partial charge in [-0.2, -0.15) is 0 Å². The molecule has 0 radical (unpaired) electrons. The lowest BCUT2D eigenvalue weighted by molar-refractivity contribution is -0.384. The van der Waals surface area contributed by atoms with Gasteiger partial charge in [0, 0.05) is 17.0 Å². The first-order chi connectivity index (χ1) is 13.9. The molecule has 0 bridgehead atoms. The zero-order valence-corrected chi connectivity index (χ0v) is 16.8. The Labute approximate surface area is 173 Å². The average molecular weight is 414 g/mol. The number of hydrogen-bond donors (Lipinski definition) is 1. The van der Waals surface area contributed by atoms with Crippen molar-refractivity contribution in [2.24, 2.45) is 0 Å². The van der Waals surface area contributed by atoms with E-state index in [2.05, 4.69) is 11.4 Å². The van der Waals surface area contributed by atoms with Crippen molar-refractivity contribution in [2.45, 2.75) is 42.4 Å². The monoisotopic (exact) mass is 414 g/mol. The van der Waals surface area contributed by atoms with Crippen molar-refractivity contribution >= 4 is 29.3 Å². The number of nitro groups is 1. The van der Waals surface area contributed by atoms with E-state index in [0.29, 0.717) is 4.90 Å². The van der Waals surface area contributed by atoms with Crippen LogP contribution in [0.4, 0.5) is 5.69 Å². The van der Waals surface area contributed by atoms with Gasteiger partial charge in [-0.25, -0.2) is 0 Å². The SMILES string of the molecule is C[C@H](Sc1ccc([N+](=O)[O-])cc1)C(=O)OCC(=O)N[C@H]1CCCc2ccccc21. The first-order valence-corrected chi connectivity index (χ1v) is 10.3. The summed E-state index contributed by atoms with van der Waals surface area (Å²) in [5.41, 5.74) is 2.36. The van der Waals surface area contributed by atoms with Crippen molar-refractivity contribution in [1.82, 2.24) is 5.32 Å². The molecule has 2 atom stereocenters. The summed E-state index contributed by atoms with van der Waals surface area (Å²) in [4.78, 5) is 35.4. The van der Waals surface area contributed by atoms with E-state index in [1.807, 2.05) is 18.2 Å². The number of nitrogens with one attached hydrogen (secondary N) is 1. The highest BCUT2D eigenvalue weighted by molar-refractivity contribution is 8.00. The number of carbonyl (C=O) groups excluding carboxylic acids is 2. The number of hydrogen-bond acceptors (Lipinski definition) is 6. The lowest BCUT2D eigenvalue weighted by Crippen LogP contribution is -2.35. The van der Waals surface area contributed by atoms with Gasteiger partial charge < -0.3 is 10.1 Å². The molecule has 1 amide bonds. The predicted octanol–water partition coefficient (Wildman–Crippen LogP) is 3.81. The van der Waals surface area contributed by atoms with Gasteiger partial charge in [0.2, 0.25) is 0 Å². The number of rotatable bonds is 7. The Bertz CT molecular complexity index is 900. The van der Waals surface area contributed by atoms with Crippen molar-refractivity contribution in [1.29, 1.82) is 0 Å². The Kier molecular flexibility index (Phi) is 6.87. The minimum absolute atomic E-state index is 0.00876. The molecule has 0 saturated heterocycles. The highest BCUT2D eigenvalue weighted by atomic mass is 32.2. The summed E-state index contributed by atoms with van der Waals surface area (Å²) in [5, 5.41) is 13.1. The summed E-state index contributed by atoms with van der Waals surface area (Å²) < 4.78 is 5.15. The second-order valence-corrected chi connectivity index (χ2v) is 8.24. The topological polar surface area (TPSA) is 98.5 Å². The Morgan fingerprint density at radius 1 is 1.24 bits per heavy atom. The van der Waals surface area contributed by atoms with Gasteiger partial charge >= 0.3 is 5.97 Å². The largest absolute Gasteiger partial charge is 0.455 e. The van der Waals surface area contributed by atoms with Gasteiger partial charge in [0.05, 0.1) is 11.0 Å². The number of benzene rings is 2. The lowest BCUT2D eigenvalue weighted by Gasteiger charge is -2.26. The normalized spacial score (nSPS) is 16.4. The van der Waals surface area contributed by atoms with E-state index in [-0.39, 0.29) is 24.2 Å². The summed E-state index contributed by atoms with van der Waals surface area (Å²) in [6.45, 7) is 1.34. The molecule has 0 aliphatic heterocycles. The highest BCUT2D eigenvalue weighted by Gasteiger charge is 2.23. The number of aryl methyl sites for hydroxylation is 1. The van der Waals surface area contributed by atoms with Gasteiger partial charge in [-0.3, -0.25) is 19.7 Å². The average Bonchev–Trinajstić information content (AvgIpc) is 2.72. The zero-order valence-electron chi connectivity index (χ0n) is 16.0. The van der Waals surface area contributed by atoms with Crippen LogP contribution in [0, 0.1) is 10.1 Å². The number of nitro benzene ring substituents is 1. The first kappa shape index (κ1) is 20.9. The number of esters is 1. The van der Waals surface area contributed by atoms with Crippen LogP contribution in [-0.4, -0.2) is 28.7 Å². The number of carbonyl (C=O) groups is 2. The number of non-ortho nitro benzene ring substituents is 1. The van der Waals surface area contributed by atoms with Crippen LogP contribution in [-0.2, 0) is 20.7 Å². The third-order valence-corrected chi connectivity index (χ3v) is 5.83. The number of fused-ring (bicyclic) bond motifs is 1. The maximum absolute atomic E-state index is 12.2. The molecule has 0 saturated carbocycles. The molecule has 0 spiro atoms. The number of ether oxygens (including phenoxy) is 1. The molecule has 2 aromatic carbocycles. The van der Waals surface area contributed by atoms with Crippen LogP contribution < -0.4 is 5.32 Å². The highest BCUT2D eigenvalue weighted by Crippen LogP contribution is 2.29. The summed E-state index contributed by atoms with van der Waals surface area (Å²) in [5.74, 6) is -0.833. The van der Waals surface area contributed by atoms with Gasteiger partial charge in [-0.1, -0.05) is 24.3 Å². The van der Waals surface area contributed by atoms with E-state index in [0.717, 1.165) is 24.8 Å². The van der Waals surface area contributed by atoms with Gasteiger partial charge in [-0.05, 0) is 49.4 Å². The van der Waals surface area contributed by atoms with E-state index in [9.17, 15) is 19.7 Å². The summed E-state index contributed by atoms with van der Waals surface area (Å²) in [6, 6.07) is 13.9. The molecule has 3 rings (SSSR count). The lowest BCUT2D eigenvalue weighted by atomic mass is 9.88. The second-order valence-electron chi connectivity index (χ2n) is 6.83. The van der Waals surface area contributed by atoms with Crippen LogP contribution in [0.1, 0.15) is 36.9 Å². The molecule has 29 heavy (non-hydrogen) atoms. The van der Waals surface area contributed by atoms with Crippen LogP contribution in [0.2, 0.25) is 0 Å². The van der Waals surface area contributed by atoms with E-state index in [4.69, 9.17) is 4.74 Å². The van der Waals surface area contributed by atoms with E-state index in [1.165, 1.54) is 29.5 Å². The number of nitrogens with zero attached hydrogens (tertiary/aromatic N) is 1. The standard InChI is InChI=1S/C21H22N2O5S/c1-14(29-17-11-9-16(10-12-17)23(26)27)21(25)28-13-20(24)22-19-8-4-6-15-5-2-3-7-18(15)19/h2-3,5,7,9-12,14,19H,4,6,8,13H2,1H3,(H,22,24)/t14-,19-/m0/s1. The first-order valence-electron chi connectivity index (χ1n) is 9.39. The second kappa shape index (κ2) is 9.56. The third-order valence-electron chi connectivity index (χ3n) is 4.74. The Morgan fingerprint density at radius 3 is 2.69 bits per heavy atom. The van der Waals surface area contributed by atoms with Crippen molar-refractivity contribution in [3.8, 4) is 0 Å². The zero-order chi connectivity index (χ0) is 20.8. The smallest absolute Gasteiger partial charge is 0.319 e.